The number of fused-ring (bicyclic) bond motifs is 2. The average Bonchev–Trinajstić information content (AvgIpc) is 3.46. The lowest BCUT2D eigenvalue weighted by Crippen LogP contribution is -2.26. The topological polar surface area (TPSA) is 114 Å². The van der Waals surface area contributed by atoms with E-state index in [4.69, 9.17) is 9.84 Å². The molecule has 0 saturated carbocycles. The molecule has 2 aromatic carbocycles. The predicted molar refractivity (Wildman–Crippen MR) is 153 cm³/mol. The van der Waals surface area contributed by atoms with Crippen LogP contribution in [0.3, 0.4) is 0 Å². The minimum absolute atomic E-state index is 0.239. The first kappa shape index (κ1) is 26.2. The molecule has 0 aliphatic heterocycles. The van der Waals surface area contributed by atoms with Crippen molar-refractivity contribution >= 4 is 27.7 Å². The first-order valence-corrected chi connectivity index (χ1v) is 12.9. The highest BCUT2D eigenvalue weighted by molar-refractivity contribution is 6.04. The number of aromatic nitrogens is 4. The van der Waals surface area contributed by atoms with Crippen LogP contribution in [0.25, 0.3) is 32.9 Å². The van der Waals surface area contributed by atoms with E-state index in [1.807, 2.05) is 57.3 Å². The van der Waals surface area contributed by atoms with Crippen molar-refractivity contribution in [2.45, 2.75) is 46.8 Å². The van der Waals surface area contributed by atoms with Crippen LogP contribution in [0.15, 0.2) is 53.6 Å². The summed E-state index contributed by atoms with van der Waals surface area (Å²) in [5.41, 5.74) is 3.61. The van der Waals surface area contributed by atoms with Gasteiger partial charge in [-0.3, -0.25) is 14.3 Å². The smallest absolute Gasteiger partial charge is 0.274 e. The van der Waals surface area contributed by atoms with Crippen molar-refractivity contribution in [2.24, 2.45) is 7.05 Å². The Morgan fingerprint density at radius 2 is 1.85 bits per heavy atom. The Labute approximate surface area is 226 Å². The molecule has 3 aromatic heterocycles. The van der Waals surface area contributed by atoms with Crippen LogP contribution in [0.2, 0.25) is 0 Å². The van der Waals surface area contributed by atoms with Crippen molar-refractivity contribution in [1.29, 1.82) is 0 Å². The van der Waals surface area contributed by atoms with Crippen molar-refractivity contribution in [3.63, 3.8) is 0 Å². The summed E-state index contributed by atoms with van der Waals surface area (Å²) in [6.07, 6.45) is 3.64. The third-order valence-electron chi connectivity index (χ3n) is 6.66. The molecule has 0 spiro atoms. The maximum atomic E-state index is 13.0. The van der Waals surface area contributed by atoms with Crippen LogP contribution in [-0.4, -0.2) is 42.5 Å². The quantitative estimate of drug-likeness (QED) is 0.281. The molecule has 39 heavy (non-hydrogen) atoms. The number of para-hydroxylation sites is 1. The van der Waals surface area contributed by atoms with E-state index in [0.29, 0.717) is 41.0 Å². The maximum absolute atomic E-state index is 13.0. The van der Waals surface area contributed by atoms with Gasteiger partial charge in [-0.2, -0.15) is 5.10 Å². The first-order chi connectivity index (χ1) is 18.4. The lowest BCUT2D eigenvalue weighted by molar-refractivity contribution is 0.0580. The fourth-order valence-electron chi connectivity index (χ4n) is 4.87. The molecule has 0 bridgehead atoms. The van der Waals surface area contributed by atoms with Crippen molar-refractivity contribution in [3.8, 4) is 22.6 Å². The number of hydrogen-bond donors (Lipinski definition) is 3. The molecular weight excluding hydrogens is 494 g/mol. The molecule has 0 radical (unpaired) electrons. The van der Waals surface area contributed by atoms with Gasteiger partial charge in [0.1, 0.15) is 22.7 Å². The van der Waals surface area contributed by atoms with Crippen LogP contribution >= 0.6 is 0 Å². The number of aliphatic hydroxyl groups is 1. The molecule has 3 heterocycles. The molecule has 1 amide bonds. The van der Waals surface area contributed by atoms with Gasteiger partial charge in [0.25, 0.3) is 11.5 Å². The summed E-state index contributed by atoms with van der Waals surface area (Å²) in [5, 5.41) is 19.3. The minimum atomic E-state index is -0.938. The van der Waals surface area contributed by atoms with E-state index in [2.05, 4.69) is 10.3 Å². The monoisotopic (exact) mass is 527 g/mol. The van der Waals surface area contributed by atoms with Crippen molar-refractivity contribution < 1.29 is 14.6 Å². The molecule has 0 unspecified atom stereocenters. The molecule has 0 fully saturated rings. The highest BCUT2D eigenvalue weighted by Crippen LogP contribution is 2.41. The average molecular weight is 528 g/mol. The number of hydrogen-bond acceptors (Lipinski definition) is 5. The van der Waals surface area contributed by atoms with Crippen LogP contribution < -0.4 is 15.6 Å². The lowest BCUT2D eigenvalue weighted by Gasteiger charge is -2.16. The number of pyridine rings is 1. The standard InChI is InChI=1S/C30H33N5O4/c1-7-31-28(36)24-13-21-22(15-34(6)29(37)26(21)32-24)20-12-23-19(14-35(33-23)16-30(4,5)38)11-25(20)39-27-17(2)9-8-10-18(27)3/h8-15,32,38H,7,16H2,1-6H3,(H,31,36). The predicted octanol–water partition coefficient (Wildman–Crippen LogP) is 4.81. The van der Waals surface area contributed by atoms with E-state index in [1.54, 1.807) is 37.8 Å². The molecule has 9 nitrogen and oxygen atoms in total. The number of H-pyrrole nitrogens is 1. The van der Waals surface area contributed by atoms with Gasteiger partial charge < -0.3 is 24.7 Å². The SMILES string of the molecule is CCNC(=O)c1cc2c(-c3cc4nn(CC(C)(C)O)cc4cc3Oc3c(C)cccc3C)cn(C)c(=O)c2[nH]1. The number of carbonyl (C=O) groups is 1. The number of aromatic amines is 1. The summed E-state index contributed by atoms with van der Waals surface area (Å²) in [4.78, 5) is 28.7. The molecular formula is C30H33N5O4. The third-order valence-corrected chi connectivity index (χ3v) is 6.66. The van der Waals surface area contributed by atoms with Crippen LogP contribution in [0.4, 0.5) is 0 Å². The molecule has 0 saturated heterocycles. The van der Waals surface area contributed by atoms with Crippen LogP contribution in [0.5, 0.6) is 11.5 Å². The van der Waals surface area contributed by atoms with E-state index >= 15 is 0 Å². The van der Waals surface area contributed by atoms with E-state index in [1.165, 1.54) is 4.57 Å². The first-order valence-electron chi connectivity index (χ1n) is 12.9. The zero-order valence-corrected chi connectivity index (χ0v) is 23.0. The molecule has 0 aliphatic carbocycles. The summed E-state index contributed by atoms with van der Waals surface area (Å²) in [7, 11) is 1.68. The van der Waals surface area contributed by atoms with E-state index in [9.17, 15) is 14.7 Å². The van der Waals surface area contributed by atoms with Crippen molar-refractivity contribution in [2.75, 3.05) is 6.54 Å². The minimum Gasteiger partial charge on any atom is -0.456 e. The Morgan fingerprint density at radius 1 is 1.13 bits per heavy atom. The fourth-order valence-corrected chi connectivity index (χ4v) is 4.87. The number of ether oxygens (including phenoxy) is 1. The molecule has 0 atom stereocenters. The second-order valence-electron chi connectivity index (χ2n) is 10.7. The van der Waals surface area contributed by atoms with Gasteiger partial charge in [-0.1, -0.05) is 18.2 Å². The molecule has 3 N–H and O–H groups in total. The largest absolute Gasteiger partial charge is 0.456 e. The van der Waals surface area contributed by atoms with E-state index < -0.39 is 5.60 Å². The Bertz CT molecular complexity index is 1770. The van der Waals surface area contributed by atoms with Crippen LogP contribution in [0.1, 0.15) is 42.4 Å². The Balaban J connectivity index is 1.77. The number of carbonyl (C=O) groups excluding carboxylic acids is 1. The summed E-state index contributed by atoms with van der Waals surface area (Å²) in [5.74, 6) is 1.05. The Kier molecular flexibility index (Phi) is 6.56. The molecule has 5 aromatic rings. The summed E-state index contributed by atoms with van der Waals surface area (Å²) >= 11 is 0. The van der Waals surface area contributed by atoms with Gasteiger partial charge in [0.2, 0.25) is 0 Å². The molecule has 202 valence electrons. The summed E-state index contributed by atoms with van der Waals surface area (Å²) in [6, 6.07) is 11.5. The zero-order chi connectivity index (χ0) is 28.1. The Morgan fingerprint density at radius 3 is 2.51 bits per heavy atom. The second kappa shape index (κ2) is 9.74. The van der Waals surface area contributed by atoms with Gasteiger partial charge in [-0.25, -0.2) is 0 Å². The van der Waals surface area contributed by atoms with E-state index in [0.717, 1.165) is 33.4 Å². The summed E-state index contributed by atoms with van der Waals surface area (Å²) in [6.45, 7) is 10.1. The lowest BCUT2D eigenvalue weighted by atomic mass is 10.0. The number of benzene rings is 2. The van der Waals surface area contributed by atoms with E-state index in [-0.39, 0.29) is 11.5 Å². The highest BCUT2D eigenvalue weighted by Gasteiger charge is 2.21. The Hall–Kier alpha value is -4.37. The number of aryl methyl sites for hydroxylation is 3. The van der Waals surface area contributed by atoms with Crippen molar-refractivity contribution in [1.82, 2.24) is 24.6 Å². The maximum Gasteiger partial charge on any atom is 0.274 e. The van der Waals surface area contributed by atoms with Crippen LogP contribution in [0, 0.1) is 13.8 Å². The third kappa shape index (κ3) is 5.05. The normalized spacial score (nSPS) is 11.9. The van der Waals surface area contributed by atoms with Crippen molar-refractivity contribution in [3.05, 3.63) is 76.0 Å². The van der Waals surface area contributed by atoms with Gasteiger partial charge in [0.15, 0.2) is 0 Å². The van der Waals surface area contributed by atoms with Gasteiger partial charge >= 0.3 is 0 Å². The van der Waals surface area contributed by atoms with Gasteiger partial charge in [0.05, 0.1) is 17.7 Å². The molecule has 0 aliphatic rings. The van der Waals surface area contributed by atoms with Crippen LogP contribution in [-0.2, 0) is 13.6 Å². The number of rotatable bonds is 7. The zero-order valence-electron chi connectivity index (χ0n) is 23.0. The number of nitrogens with zero attached hydrogens (tertiary/aromatic N) is 3. The fraction of sp³-hybridized carbons (Fsp3) is 0.300. The molecule has 9 heteroatoms. The van der Waals surface area contributed by atoms with Gasteiger partial charge in [-0.15, -0.1) is 0 Å². The second-order valence-corrected chi connectivity index (χ2v) is 10.7. The molecule has 5 rings (SSSR count). The van der Waals surface area contributed by atoms with Gasteiger partial charge in [-0.05, 0) is 63.9 Å². The summed E-state index contributed by atoms with van der Waals surface area (Å²) < 4.78 is 9.81. The number of nitrogens with one attached hydrogen (secondary N) is 2. The van der Waals surface area contributed by atoms with Gasteiger partial charge in [0, 0.05) is 47.9 Å². The number of amides is 1. The highest BCUT2D eigenvalue weighted by atomic mass is 16.5.